The normalized spacial score (nSPS) is 18.0. The quantitative estimate of drug-likeness (QED) is 0.842. The molecule has 1 atom stereocenters. The van der Waals surface area contributed by atoms with E-state index in [1.165, 1.54) is 0 Å². The Hall–Kier alpha value is -1.89. The first-order valence-electron chi connectivity index (χ1n) is 6.74. The minimum Gasteiger partial charge on any atom is -0.472 e. The van der Waals surface area contributed by atoms with Crippen LogP contribution in [0.2, 0.25) is 0 Å². The number of hydrogen-bond acceptors (Lipinski definition) is 4. The van der Waals surface area contributed by atoms with Gasteiger partial charge in [-0.2, -0.15) is 5.10 Å². The SMILES string of the molecule is O=C(Cn1cccn1)N1CC[C@@H](Oc2ccc(Br)cn2)C1. The third-order valence-corrected chi connectivity index (χ3v) is 3.81. The lowest BCUT2D eigenvalue weighted by Gasteiger charge is -2.17. The van der Waals surface area contributed by atoms with Crippen LogP contribution in [0.15, 0.2) is 41.3 Å². The number of pyridine rings is 1. The predicted molar refractivity (Wildman–Crippen MR) is 79.8 cm³/mol. The van der Waals surface area contributed by atoms with E-state index in [4.69, 9.17) is 4.74 Å². The zero-order valence-corrected chi connectivity index (χ0v) is 12.9. The summed E-state index contributed by atoms with van der Waals surface area (Å²) in [4.78, 5) is 18.1. The van der Waals surface area contributed by atoms with E-state index in [2.05, 4.69) is 26.0 Å². The van der Waals surface area contributed by atoms with Crippen LogP contribution >= 0.6 is 15.9 Å². The fraction of sp³-hybridized carbons (Fsp3) is 0.357. The molecular formula is C14H15BrN4O2. The highest BCUT2D eigenvalue weighted by atomic mass is 79.9. The highest BCUT2D eigenvalue weighted by Gasteiger charge is 2.27. The van der Waals surface area contributed by atoms with Crippen molar-refractivity contribution in [2.45, 2.75) is 19.1 Å². The number of hydrogen-bond donors (Lipinski definition) is 0. The van der Waals surface area contributed by atoms with E-state index in [0.29, 0.717) is 19.0 Å². The summed E-state index contributed by atoms with van der Waals surface area (Å²) >= 11 is 3.34. The molecule has 0 unspecified atom stereocenters. The molecule has 1 aliphatic heterocycles. The molecular weight excluding hydrogens is 336 g/mol. The first-order chi connectivity index (χ1) is 10.2. The molecule has 0 spiro atoms. The molecule has 110 valence electrons. The van der Waals surface area contributed by atoms with Gasteiger partial charge in [-0.15, -0.1) is 0 Å². The monoisotopic (exact) mass is 350 g/mol. The Morgan fingerprint density at radius 1 is 1.48 bits per heavy atom. The number of carbonyl (C=O) groups is 1. The molecule has 0 bridgehead atoms. The van der Waals surface area contributed by atoms with Gasteiger partial charge >= 0.3 is 0 Å². The average Bonchev–Trinajstić information content (AvgIpc) is 3.13. The predicted octanol–water partition coefficient (Wildman–Crippen LogP) is 1.72. The van der Waals surface area contributed by atoms with Gasteiger partial charge in [0.15, 0.2) is 0 Å². The van der Waals surface area contributed by atoms with Gasteiger partial charge in [-0.25, -0.2) is 4.98 Å². The van der Waals surface area contributed by atoms with Crippen molar-refractivity contribution < 1.29 is 9.53 Å². The number of likely N-dealkylation sites (tertiary alicyclic amines) is 1. The number of amides is 1. The number of ether oxygens (including phenoxy) is 1. The van der Waals surface area contributed by atoms with Crippen LogP contribution in [-0.2, 0) is 11.3 Å². The van der Waals surface area contributed by atoms with E-state index >= 15 is 0 Å². The second kappa shape index (κ2) is 6.26. The first kappa shape index (κ1) is 14.1. The summed E-state index contributed by atoms with van der Waals surface area (Å²) in [7, 11) is 0. The number of aromatic nitrogens is 3. The largest absolute Gasteiger partial charge is 0.472 e. The Morgan fingerprint density at radius 3 is 3.10 bits per heavy atom. The lowest BCUT2D eigenvalue weighted by Crippen LogP contribution is -2.33. The second-order valence-electron chi connectivity index (χ2n) is 4.89. The van der Waals surface area contributed by atoms with Gasteiger partial charge in [0.2, 0.25) is 11.8 Å². The Bertz CT molecular complexity index is 600. The van der Waals surface area contributed by atoms with Gasteiger partial charge in [0.25, 0.3) is 0 Å². The van der Waals surface area contributed by atoms with Crippen LogP contribution in [0.5, 0.6) is 5.88 Å². The standard InChI is InChI=1S/C14H15BrN4O2/c15-11-2-3-13(16-8-11)21-12-4-7-18(9-12)14(20)10-19-6-1-5-17-19/h1-3,5-6,8,12H,4,7,9-10H2/t12-/m1/s1. The maximum atomic E-state index is 12.1. The number of nitrogens with zero attached hydrogens (tertiary/aromatic N) is 4. The molecule has 21 heavy (non-hydrogen) atoms. The van der Waals surface area contributed by atoms with Crippen molar-refractivity contribution in [2.24, 2.45) is 0 Å². The van der Waals surface area contributed by atoms with Gasteiger partial charge in [0, 0.05) is 42.1 Å². The fourth-order valence-electron chi connectivity index (χ4n) is 2.29. The van der Waals surface area contributed by atoms with Crippen molar-refractivity contribution in [1.29, 1.82) is 0 Å². The van der Waals surface area contributed by atoms with Gasteiger partial charge in [-0.1, -0.05) is 0 Å². The van der Waals surface area contributed by atoms with Crippen molar-refractivity contribution in [3.63, 3.8) is 0 Å². The van der Waals surface area contributed by atoms with Crippen molar-refractivity contribution in [3.8, 4) is 5.88 Å². The molecule has 3 rings (SSSR count). The highest BCUT2D eigenvalue weighted by molar-refractivity contribution is 9.10. The first-order valence-corrected chi connectivity index (χ1v) is 7.53. The van der Waals surface area contributed by atoms with E-state index in [1.807, 2.05) is 23.1 Å². The molecule has 2 aromatic heterocycles. The third kappa shape index (κ3) is 3.60. The molecule has 1 saturated heterocycles. The highest BCUT2D eigenvalue weighted by Crippen LogP contribution is 2.18. The van der Waals surface area contributed by atoms with Crippen LogP contribution in [0.4, 0.5) is 0 Å². The zero-order chi connectivity index (χ0) is 14.7. The molecule has 6 nitrogen and oxygen atoms in total. The molecule has 1 amide bonds. The summed E-state index contributed by atoms with van der Waals surface area (Å²) in [5.74, 6) is 0.651. The average molecular weight is 351 g/mol. The van der Waals surface area contributed by atoms with Gasteiger partial charge in [-0.05, 0) is 28.1 Å². The summed E-state index contributed by atoms with van der Waals surface area (Å²) < 4.78 is 8.34. The van der Waals surface area contributed by atoms with E-state index < -0.39 is 0 Å². The van der Waals surface area contributed by atoms with E-state index in [-0.39, 0.29) is 18.6 Å². The lowest BCUT2D eigenvalue weighted by molar-refractivity contribution is -0.131. The van der Waals surface area contributed by atoms with E-state index in [1.54, 1.807) is 23.3 Å². The van der Waals surface area contributed by atoms with Crippen molar-refractivity contribution >= 4 is 21.8 Å². The summed E-state index contributed by atoms with van der Waals surface area (Å²) in [6, 6.07) is 5.51. The molecule has 3 heterocycles. The molecule has 1 aliphatic rings. The van der Waals surface area contributed by atoms with Gasteiger partial charge < -0.3 is 9.64 Å². The Labute approximate surface area is 130 Å². The van der Waals surface area contributed by atoms with Gasteiger partial charge in [-0.3, -0.25) is 9.48 Å². The second-order valence-corrected chi connectivity index (χ2v) is 5.80. The summed E-state index contributed by atoms with van der Waals surface area (Å²) in [5, 5.41) is 4.05. The van der Waals surface area contributed by atoms with Crippen LogP contribution < -0.4 is 4.74 Å². The molecule has 0 radical (unpaired) electrons. The zero-order valence-electron chi connectivity index (χ0n) is 11.4. The van der Waals surface area contributed by atoms with Crippen molar-refractivity contribution in [1.82, 2.24) is 19.7 Å². The lowest BCUT2D eigenvalue weighted by atomic mass is 10.3. The maximum absolute atomic E-state index is 12.1. The van der Waals surface area contributed by atoms with Crippen LogP contribution in [0.1, 0.15) is 6.42 Å². The van der Waals surface area contributed by atoms with Crippen molar-refractivity contribution in [3.05, 3.63) is 41.3 Å². The van der Waals surface area contributed by atoms with Crippen LogP contribution in [0, 0.1) is 0 Å². The molecule has 7 heteroatoms. The Balaban J connectivity index is 1.53. The minimum absolute atomic E-state index is 0.000229. The van der Waals surface area contributed by atoms with Gasteiger partial charge in [0.1, 0.15) is 12.6 Å². The third-order valence-electron chi connectivity index (χ3n) is 3.34. The minimum atomic E-state index is 0.000229. The Kier molecular flexibility index (Phi) is 4.19. The molecule has 1 fully saturated rings. The fourth-order valence-corrected chi connectivity index (χ4v) is 2.52. The topological polar surface area (TPSA) is 60.2 Å². The molecule has 0 N–H and O–H groups in total. The van der Waals surface area contributed by atoms with Crippen LogP contribution in [-0.4, -0.2) is 44.8 Å². The summed E-state index contributed by atoms with van der Waals surface area (Å²) in [6.07, 6.45) is 5.98. The van der Waals surface area contributed by atoms with Crippen LogP contribution in [0.3, 0.4) is 0 Å². The molecule has 2 aromatic rings. The summed E-state index contributed by atoms with van der Waals surface area (Å²) in [5.41, 5.74) is 0. The molecule has 0 aromatic carbocycles. The number of rotatable bonds is 4. The van der Waals surface area contributed by atoms with Crippen molar-refractivity contribution in [2.75, 3.05) is 13.1 Å². The molecule has 0 saturated carbocycles. The summed E-state index contributed by atoms with van der Waals surface area (Å²) in [6.45, 7) is 1.58. The smallest absolute Gasteiger partial charge is 0.244 e. The number of halogens is 1. The van der Waals surface area contributed by atoms with Gasteiger partial charge in [0.05, 0.1) is 6.54 Å². The van der Waals surface area contributed by atoms with E-state index in [9.17, 15) is 4.79 Å². The molecule has 0 aliphatic carbocycles. The van der Waals surface area contributed by atoms with Crippen LogP contribution in [0.25, 0.3) is 0 Å². The maximum Gasteiger partial charge on any atom is 0.244 e. The van der Waals surface area contributed by atoms with E-state index in [0.717, 1.165) is 10.9 Å². The number of carbonyl (C=O) groups excluding carboxylic acids is 1. The Morgan fingerprint density at radius 2 is 2.38 bits per heavy atom.